The van der Waals surface area contributed by atoms with Crippen LogP contribution in [0.5, 0.6) is 17.4 Å². The second kappa shape index (κ2) is 6.97. The molecule has 1 aliphatic rings. The average Bonchev–Trinajstić information content (AvgIpc) is 3.22. The van der Waals surface area contributed by atoms with Crippen molar-refractivity contribution in [3.8, 4) is 17.4 Å². The van der Waals surface area contributed by atoms with Crippen molar-refractivity contribution < 1.29 is 23.0 Å². The van der Waals surface area contributed by atoms with E-state index >= 15 is 0 Å². The van der Waals surface area contributed by atoms with Gasteiger partial charge in [-0.2, -0.15) is 13.2 Å². The van der Waals surface area contributed by atoms with Gasteiger partial charge in [0, 0.05) is 5.92 Å². The lowest BCUT2D eigenvalue weighted by molar-refractivity contribution is -0.136. The number of benzene rings is 2. The minimum atomic E-state index is -4.60. The molecule has 9 heteroatoms. The molecule has 0 unspecified atom stereocenters. The summed E-state index contributed by atoms with van der Waals surface area (Å²) in [6, 6.07) is 8.38. The number of ether oxygens (including phenoxy) is 1. The highest BCUT2D eigenvalue weighted by atomic mass is 32.1. The fourth-order valence-electron chi connectivity index (χ4n) is 3.54. The van der Waals surface area contributed by atoms with E-state index < -0.39 is 17.4 Å². The monoisotopic (exact) mass is 418 g/mol. The van der Waals surface area contributed by atoms with Crippen molar-refractivity contribution in [2.24, 2.45) is 0 Å². The Bertz CT molecular complexity index is 1190. The average molecular weight is 418 g/mol. The SMILES string of the molecule is [C-]#[N+]c1cc(Oc2ccc3c(c2)CC[C@H]3c2sc(=O)[nH]c2O)ccc1C(F)(F)F. The van der Waals surface area contributed by atoms with Crippen molar-refractivity contribution in [2.45, 2.75) is 24.9 Å². The second-order valence-corrected chi connectivity index (χ2v) is 7.58. The Morgan fingerprint density at radius 3 is 2.59 bits per heavy atom. The summed E-state index contributed by atoms with van der Waals surface area (Å²) < 4.78 is 44.5. The molecule has 4 rings (SSSR count). The number of hydrogen-bond acceptors (Lipinski definition) is 4. The molecule has 29 heavy (non-hydrogen) atoms. The molecule has 0 aliphatic heterocycles. The Morgan fingerprint density at radius 1 is 1.21 bits per heavy atom. The van der Waals surface area contributed by atoms with Crippen molar-refractivity contribution >= 4 is 17.0 Å². The van der Waals surface area contributed by atoms with Crippen LogP contribution in [0.1, 0.15) is 33.9 Å². The van der Waals surface area contributed by atoms with E-state index in [2.05, 4.69) is 9.83 Å². The van der Waals surface area contributed by atoms with Crippen LogP contribution in [0, 0.1) is 6.57 Å². The van der Waals surface area contributed by atoms with Gasteiger partial charge in [-0.05, 0) is 48.2 Å². The van der Waals surface area contributed by atoms with E-state index in [9.17, 15) is 23.1 Å². The fourth-order valence-corrected chi connectivity index (χ4v) is 4.42. The van der Waals surface area contributed by atoms with E-state index in [1.165, 1.54) is 6.07 Å². The largest absolute Gasteiger partial charge is 0.494 e. The van der Waals surface area contributed by atoms with Gasteiger partial charge in [0.15, 0.2) is 0 Å². The van der Waals surface area contributed by atoms with Gasteiger partial charge in [0.1, 0.15) is 11.5 Å². The zero-order valence-corrected chi connectivity index (χ0v) is 15.5. The van der Waals surface area contributed by atoms with Gasteiger partial charge >= 0.3 is 11.0 Å². The third-order valence-electron chi connectivity index (χ3n) is 4.80. The maximum atomic E-state index is 12.9. The third-order valence-corrected chi connectivity index (χ3v) is 5.78. The summed E-state index contributed by atoms with van der Waals surface area (Å²) in [5.41, 5.74) is 0.429. The van der Waals surface area contributed by atoms with Gasteiger partial charge in [-0.3, -0.25) is 9.78 Å². The molecule has 1 aromatic heterocycles. The first kappa shape index (κ1) is 19.1. The van der Waals surface area contributed by atoms with Gasteiger partial charge in [0.05, 0.1) is 17.0 Å². The van der Waals surface area contributed by atoms with Crippen LogP contribution in [0.4, 0.5) is 18.9 Å². The van der Waals surface area contributed by atoms with E-state index in [0.29, 0.717) is 17.0 Å². The van der Waals surface area contributed by atoms with Crippen LogP contribution >= 0.6 is 11.3 Å². The van der Waals surface area contributed by atoms with Gasteiger partial charge in [-0.1, -0.05) is 23.5 Å². The quantitative estimate of drug-likeness (QED) is 0.546. The number of aromatic amines is 1. The first-order valence-corrected chi connectivity index (χ1v) is 9.39. The van der Waals surface area contributed by atoms with E-state index in [1.54, 1.807) is 12.1 Å². The summed E-state index contributed by atoms with van der Waals surface area (Å²) in [7, 11) is 0. The molecule has 1 heterocycles. The summed E-state index contributed by atoms with van der Waals surface area (Å²) in [5, 5.41) is 9.92. The first-order valence-electron chi connectivity index (χ1n) is 8.57. The predicted octanol–water partition coefficient (Wildman–Crippen LogP) is 5.58. The number of hydrogen-bond donors (Lipinski definition) is 2. The molecule has 0 fully saturated rings. The standard InChI is InChI=1S/C20H13F3N2O3S/c1-24-16-9-12(4-7-15(16)20(21,22)23)28-11-3-6-13-10(8-11)2-5-14(13)17-18(26)25-19(27)29-17/h3-4,6-9,14,26H,2,5H2,(H,25,27)/t14-/m1/s1. The molecule has 0 spiro atoms. The predicted molar refractivity (Wildman–Crippen MR) is 101 cm³/mol. The van der Waals surface area contributed by atoms with Crippen LogP contribution < -0.4 is 9.61 Å². The van der Waals surface area contributed by atoms with Crippen molar-refractivity contribution in [3.05, 3.63) is 79.1 Å². The molecule has 0 amide bonds. The first-order chi connectivity index (χ1) is 13.8. The molecule has 1 aliphatic carbocycles. The molecular weight excluding hydrogens is 405 g/mol. The minimum absolute atomic E-state index is 0.0946. The molecule has 2 N–H and O–H groups in total. The Kier molecular flexibility index (Phi) is 4.59. The summed E-state index contributed by atoms with van der Waals surface area (Å²) in [6.45, 7) is 6.99. The summed E-state index contributed by atoms with van der Waals surface area (Å²) >= 11 is 0.977. The van der Waals surface area contributed by atoms with Crippen molar-refractivity contribution in [1.29, 1.82) is 0 Å². The van der Waals surface area contributed by atoms with E-state index in [1.807, 2.05) is 6.07 Å². The van der Waals surface area contributed by atoms with Crippen LogP contribution in [0.2, 0.25) is 0 Å². The van der Waals surface area contributed by atoms with Gasteiger partial charge in [0.25, 0.3) is 0 Å². The lowest BCUT2D eigenvalue weighted by Gasteiger charge is -2.13. The third kappa shape index (κ3) is 3.59. The number of rotatable bonds is 3. The molecule has 1 atom stereocenters. The number of aromatic nitrogens is 1. The Morgan fingerprint density at radius 2 is 1.93 bits per heavy atom. The van der Waals surface area contributed by atoms with E-state index in [0.717, 1.165) is 41.0 Å². The van der Waals surface area contributed by atoms with Crippen molar-refractivity contribution in [3.63, 3.8) is 0 Å². The number of halogens is 3. The Labute approximate surface area is 166 Å². The number of thiazole rings is 1. The summed E-state index contributed by atoms with van der Waals surface area (Å²) in [6.07, 6.45) is -3.17. The highest BCUT2D eigenvalue weighted by Gasteiger charge is 2.33. The maximum absolute atomic E-state index is 12.9. The van der Waals surface area contributed by atoms with E-state index in [4.69, 9.17) is 11.3 Å². The zero-order valence-electron chi connectivity index (χ0n) is 14.7. The second-order valence-electron chi connectivity index (χ2n) is 6.57. The number of nitrogens with one attached hydrogen (secondary N) is 1. The number of H-pyrrole nitrogens is 1. The lowest BCUT2D eigenvalue weighted by atomic mass is 10.00. The minimum Gasteiger partial charge on any atom is -0.494 e. The highest BCUT2D eigenvalue weighted by Crippen LogP contribution is 2.44. The van der Waals surface area contributed by atoms with Crippen LogP contribution in [-0.2, 0) is 12.6 Å². The van der Waals surface area contributed by atoms with Gasteiger partial charge in [0.2, 0.25) is 11.6 Å². The summed E-state index contributed by atoms with van der Waals surface area (Å²) in [4.78, 5) is 17.1. The van der Waals surface area contributed by atoms with Crippen LogP contribution in [-0.4, -0.2) is 10.1 Å². The Balaban J connectivity index is 1.60. The van der Waals surface area contributed by atoms with Crippen LogP contribution in [0.25, 0.3) is 4.85 Å². The number of aryl methyl sites for hydroxylation is 1. The zero-order chi connectivity index (χ0) is 20.8. The number of aromatic hydroxyl groups is 1. The molecule has 148 valence electrons. The molecule has 5 nitrogen and oxygen atoms in total. The normalized spacial score (nSPS) is 15.7. The molecular formula is C20H13F3N2O3S. The van der Waals surface area contributed by atoms with E-state index in [-0.39, 0.29) is 22.4 Å². The topological polar surface area (TPSA) is 66.7 Å². The molecule has 3 aromatic rings. The van der Waals surface area contributed by atoms with Crippen molar-refractivity contribution in [1.82, 2.24) is 4.98 Å². The highest BCUT2D eigenvalue weighted by molar-refractivity contribution is 7.09. The molecule has 2 aromatic carbocycles. The number of nitrogens with zero attached hydrogens (tertiary/aromatic N) is 1. The maximum Gasteiger partial charge on any atom is 0.407 e. The van der Waals surface area contributed by atoms with Crippen LogP contribution in [0.15, 0.2) is 41.2 Å². The van der Waals surface area contributed by atoms with Crippen LogP contribution in [0.3, 0.4) is 0 Å². The number of alkyl halides is 3. The summed E-state index contributed by atoms with van der Waals surface area (Å²) in [5.74, 6) is 0.365. The van der Waals surface area contributed by atoms with Gasteiger partial charge < -0.3 is 9.84 Å². The van der Waals surface area contributed by atoms with Gasteiger partial charge in [-0.25, -0.2) is 4.85 Å². The molecule has 0 bridgehead atoms. The Hall–Kier alpha value is -3.25. The van der Waals surface area contributed by atoms with Crippen molar-refractivity contribution in [2.75, 3.05) is 0 Å². The molecule has 0 radical (unpaired) electrons. The van der Waals surface area contributed by atoms with Gasteiger partial charge in [-0.15, -0.1) is 0 Å². The molecule has 0 saturated heterocycles. The number of fused-ring (bicyclic) bond motifs is 1. The fraction of sp³-hybridized carbons (Fsp3) is 0.200. The molecule has 0 saturated carbocycles. The smallest absolute Gasteiger partial charge is 0.407 e. The lowest BCUT2D eigenvalue weighted by Crippen LogP contribution is -2.04.